The Morgan fingerprint density at radius 1 is 1.42 bits per heavy atom. The molecule has 0 aliphatic heterocycles. The molecule has 0 atom stereocenters. The number of aliphatic hydroxyl groups is 1. The molecule has 106 valence electrons. The molecular formula is C14H22N2O2S. The van der Waals surface area contributed by atoms with Crippen LogP contribution >= 0.6 is 11.8 Å². The summed E-state index contributed by atoms with van der Waals surface area (Å²) in [5.41, 5.74) is 0.0308. The maximum Gasteiger partial charge on any atom is 0.238 e. The zero-order chi connectivity index (χ0) is 14.5. The standard InChI is InChI=1S/C14H22N2O2S/c1-14(2,18)10-16(3)9-13(17)15-11-7-5-6-8-12(11)19-4/h5-8,18H,9-10H2,1-4H3,(H,15,17). The van der Waals surface area contributed by atoms with Gasteiger partial charge in [0.15, 0.2) is 0 Å². The van der Waals surface area contributed by atoms with Crippen molar-refractivity contribution in [3.05, 3.63) is 24.3 Å². The zero-order valence-electron chi connectivity index (χ0n) is 11.9. The molecule has 19 heavy (non-hydrogen) atoms. The summed E-state index contributed by atoms with van der Waals surface area (Å²) in [6.45, 7) is 4.16. The number of amides is 1. The Balaban J connectivity index is 2.56. The fourth-order valence-corrected chi connectivity index (χ4v) is 2.45. The van der Waals surface area contributed by atoms with Crippen LogP contribution in [0.3, 0.4) is 0 Å². The normalized spacial score (nSPS) is 11.7. The summed E-state index contributed by atoms with van der Waals surface area (Å²) < 4.78 is 0. The van der Waals surface area contributed by atoms with E-state index in [2.05, 4.69) is 5.32 Å². The van der Waals surface area contributed by atoms with Crippen molar-refractivity contribution in [2.45, 2.75) is 24.3 Å². The van der Waals surface area contributed by atoms with Crippen molar-refractivity contribution in [3.8, 4) is 0 Å². The molecule has 0 saturated heterocycles. The molecule has 0 fully saturated rings. The highest BCUT2D eigenvalue weighted by atomic mass is 32.2. The number of para-hydroxylation sites is 1. The summed E-state index contributed by atoms with van der Waals surface area (Å²) in [7, 11) is 1.82. The van der Waals surface area contributed by atoms with Gasteiger partial charge >= 0.3 is 0 Å². The van der Waals surface area contributed by atoms with Crippen molar-refractivity contribution in [1.29, 1.82) is 0 Å². The van der Waals surface area contributed by atoms with Crippen LogP contribution in [0.4, 0.5) is 5.69 Å². The van der Waals surface area contributed by atoms with Crippen LogP contribution in [0.5, 0.6) is 0 Å². The third-order valence-electron chi connectivity index (χ3n) is 2.45. The Morgan fingerprint density at radius 3 is 2.63 bits per heavy atom. The molecule has 4 nitrogen and oxygen atoms in total. The van der Waals surface area contributed by atoms with Crippen molar-refractivity contribution in [2.24, 2.45) is 0 Å². The van der Waals surface area contributed by atoms with E-state index in [4.69, 9.17) is 0 Å². The van der Waals surface area contributed by atoms with Crippen molar-refractivity contribution in [1.82, 2.24) is 4.90 Å². The lowest BCUT2D eigenvalue weighted by Gasteiger charge is -2.24. The average Bonchev–Trinajstić information content (AvgIpc) is 2.26. The first-order chi connectivity index (χ1) is 8.81. The van der Waals surface area contributed by atoms with E-state index in [0.29, 0.717) is 6.54 Å². The maximum absolute atomic E-state index is 11.9. The van der Waals surface area contributed by atoms with Crippen molar-refractivity contribution in [2.75, 3.05) is 31.7 Å². The molecule has 1 rings (SSSR count). The second kappa shape index (κ2) is 6.93. The van der Waals surface area contributed by atoms with E-state index in [1.807, 2.05) is 37.6 Å². The van der Waals surface area contributed by atoms with Gasteiger partial charge in [0, 0.05) is 11.4 Å². The monoisotopic (exact) mass is 282 g/mol. The van der Waals surface area contributed by atoms with Crippen LogP contribution in [0, 0.1) is 0 Å². The summed E-state index contributed by atoms with van der Waals surface area (Å²) in [4.78, 5) is 14.8. The SMILES string of the molecule is CSc1ccccc1NC(=O)CN(C)CC(C)(C)O. The largest absolute Gasteiger partial charge is 0.389 e. The average molecular weight is 282 g/mol. The Bertz CT molecular complexity index is 430. The number of rotatable bonds is 6. The van der Waals surface area contributed by atoms with Crippen molar-refractivity contribution in [3.63, 3.8) is 0 Å². The second-order valence-corrected chi connectivity index (χ2v) is 6.08. The van der Waals surface area contributed by atoms with Crippen LogP contribution in [0.2, 0.25) is 0 Å². The van der Waals surface area contributed by atoms with E-state index >= 15 is 0 Å². The Hall–Kier alpha value is -1.04. The molecule has 1 aromatic carbocycles. The first-order valence-corrected chi connectivity index (χ1v) is 7.38. The van der Waals surface area contributed by atoms with Gasteiger partial charge in [0.05, 0.1) is 17.8 Å². The van der Waals surface area contributed by atoms with Gasteiger partial charge in [-0.15, -0.1) is 11.8 Å². The van der Waals surface area contributed by atoms with Gasteiger partial charge in [-0.25, -0.2) is 0 Å². The topological polar surface area (TPSA) is 52.6 Å². The Labute approximate surface area is 119 Å². The first-order valence-electron chi connectivity index (χ1n) is 6.15. The predicted octanol–water partition coefficient (Wildman–Crippen LogP) is 2.05. The minimum atomic E-state index is -0.799. The lowest BCUT2D eigenvalue weighted by molar-refractivity contribution is -0.117. The van der Waals surface area contributed by atoms with Crippen LogP contribution < -0.4 is 5.32 Å². The highest BCUT2D eigenvalue weighted by Crippen LogP contribution is 2.24. The van der Waals surface area contributed by atoms with Gasteiger partial charge in [-0.1, -0.05) is 12.1 Å². The highest BCUT2D eigenvalue weighted by molar-refractivity contribution is 7.98. The van der Waals surface area contributed by atoms with Crippen LogP contribution in [0.15, 0.2) is 29.2 Å². The fourth-order valence-electron chi connectivity index (χ4n) is 1.90. The third-order valence-corrected chi connectivity index (χ3v) is 3.25. The molecule has 5 heteroatoms. The van der Waals surface area contributed by atoms with Gasteiger partial charge in [0.1, 0.15) is 0 Å². The zero-order valence-corrected chi connectivity index (χ0v) is 12.8. The van der Waals surface area contributed by atoms with E-state index < -0.39 is 5.60 Å². The van der Waals surface area contributed by atoms with Gasteiger partial charge in [0.25, 0.3) is 0 Å². The number of anilines is 1. The molecule has 0 aliphatic rings. The minimum absolute atomic E-state index is 0.0757. The summed E-state index contributed by atoms with van der Waals surface area (Å²) >= 11 is 1.60. The third kappa shape index (κ3) is 6.09. The molecule has 0 saturated carbocycles. The number of hydrogen-bond acceptors (Lipinski definition) is 4. The second-order valence-electron chi connectivity index (χ2n) is 5.23. The van der Waals surface area contributed by atoms with Gasteiger partial charge in [-0.3, -0.25) is 9.69 Å². The molecular weight excluding hydrogens is 260 g/mol. The number of carbonyl (C=O) groups is 1. The molecule has 1 amide bonds. The molecule has 0 spiro atoms. The molecule has 1 aromatic rings. The quantitative estimate of drug-likeness (QED) is 0.784. The number of hydrogen-bond donors (Lipinski definition) is 2. The number of likely N-dealkylation sites (N-methyl/N-ethyl adjacent to an activating group) is 1. The van der Waals surface area contributed by atoms with E-state index in [9.17, 15) is 9.90 Å². The minimum Gasteiger partial charge on any atom is -0.389 e. The van der Waals surface area contributed by atoms with Gasteiger partial charge in [0.2, 0.25) is 5.91 Å². The molecule has 0 unspecified atom stereocenters. The molecule has 2 N–H and O–H groups in total. The lowest BCUT2D eigenvalue weighted by Crippen LogP contribution is -2.40. The molecule has 0 aromatic heterocycles. The summed E-state index contributed by atoms with van der Waals surface area (Å²) in [6, 6.07) is 7.71. The molecule has 0 bridgehead atoms. The van der Waals surface area contributed by atoms with E-state index in [0.717, 1.165) is 10.6 Å². The van der Waals surface area contributed by atoms with Gasteiger partial charge < -0.3 is 10.4 Å². The predicted molar refractivity (Wildman–Crippen MR) is 80.6 cm³/mol. The Kier molecular flexibility index (Phi) is 5.85. The first kappa shape index (κ1) is 16.0. The van der Waals surface area contributed by atoms with Crippen LogP contribution in [-0.2, 0) is 4.79 Å². The van der Waals surface area contributed by atoms with Crippen LogP contribution in [-0.4, -0.2) is 47.9 Å². The number of nitrogens with zero attached hydrogens (tertiary/aromatic N) is 1. The smallest absolute Gasteiger partial charge is 0.238 e. The maximum atomic E-state index is 11.9. The number of carbonyl (C=O) groups excluding carboxylic acids is 1. The number of nitrogens with one attached hydrogen (secondary N) is 1. The number of benzene rings is 1. The van der Waals surface area contributed by atoms with Gasteiger partial charge in [-0.05, 0) is 39.3 Å². The lowest BCUT2D eigenvalue weighted by atomic mass is 10.1. The van der Waals surface area contributed by atoms with Gasteiger partial charge in [-0.2, -0.15) is 0 Å². The number of thioether (sulfide) groups is 1. The van der Waals surface area contributed by atoms with E-state index in [1.54, 1.807) is 30.5 Å². The fraction of sp³-hybridized carbons (Fsp3) is 0.500. The van der Waals surface area contributed by atoms with Crippen molar-refractivity contribution < 1.29 is 9.90 Å². The van der Waals surface area contributed by atoms with Crippen LogP contribution in [0.25, 0.3) is 0 Å². The Morgan fingerprint density at radius 2 is 2.05 bits per heavy atom. The van der Waals surface area contributed by atoms with E-state index in [-0.39, 0.29) is 12.5 Å². The summed E-state index contributed by atoms with van der Waals surface area (Å²) in [5, 5.41) is 12.6. The van der Waals surface area contributed by atoms with Crippen molar-refractivity contribution >= 4 is 23.4 Å². The molecule has 0 radical (unpaired) electrons. The molecule has 0 aliphatic carbocycles. The van der Waals surface area contributed by atoms with E-state index in [1.165, 1.54) is 0 Å². The summed E-state index contributed by atoms with van der Waals surface area (Å²) in [5.74, 6) is -0.0757. The summed E-state index contributed by atoms with van der Waals surface area (Å²) in [6.07, 6.45) is 1.98. The molecule has 0 heterocycles. The highest BCUT2D eigenvalue weighted by Gasteiger charge is 2.17. The van der Waals surface area contributed by atoms with Crippen LogP contribution in [0.1, 0.15) is 13.8 Å².